The van der Waals surface area contributed by atoms with Gasteiger partial charge in [-0.15, -0.1) is 0 Å². The second-order valence-corrected chi connectivity index (χ2v) is 7.23. The fourth-order valence-corrected chi connectivity index (χ4v) is 3.67. The summed E-state index contributed by atoms with van der Waals surface area (Å²) in [5, 5.41) is 0.648. The maximum Gasteiger partial charge on any atom is 0.262 e. The van der Waals surface area contributed by atoms with Crippen LogP contribution in [0.3, 0.4) is 0 Å². The van der Waals surface area contributed by atoms with Gasteiger partial charge >= 0.3 is 0 Å². The van der Waals surface area contributed by atoms with Crippen LogP contribution in [0.1, 0.15) is 5.56 Å². The Morgan fingerprint density at radius 2 is 1.62 bits per heavy atom. The van der Waals surface area contributed by atoms with Gasteiger partial charge in [0.2, 0.25) is 0 Å². The largest absolute Gasteiger partial charge is 0.398 e. The summed E-state index contributed by atoms with van der Waals surface area (Å²) in [6.45, 7) is 1.70. The molecule has 0 amide bonds. The first-order chi connectivity index (χ1) is 9.72. The van der Waals surface area contributed by atoms with Gasteiger partial charge in [-0.05, 0) is 36.8 Å². The van der Waals surface area contributed by atoms with Crippen molar-refractivity contribution in [1.82, 2.24) is 0 Å². The molecule has 2 aromatic carbocycles. The van der Waals surface area contributed by atoms with Crippen LogP contribution in [0.15, 0.2) is 35.2 Å². The van der Waals surface area contributed by atoms with Crippen molar-refractivity contribution in [3.63, 3.8) is 0 Å². The van der Waals surface area contributed by atoms with Crippen molar-refractivity contribution in [3.05, 3.63) is 51.0 Å². The first-order valence-electron chi connectivity index (χ1n) is 5.75. The average Bonchev–Trinajstić information content (AvgIpc) is 2.40. The van der Waals surface area contributed by atoms with E-state index in [-0.39, 0.29) is 31.3 Å². The van der Waals surface area contributed by atoms with Crippen LogP contribution in [0.2, 0.25) is 15.1 Å². The highest BCUT2D eigenvalue weighted by molar-refractivity contribution is 7.92. The van der Waals surface area contributed by atoms with Gasteiger partial charge in [-0.25, -0.2) is 8.42 Å². The molecule has 0 aliphatic heterocycles. The lowest BCUT2D eigenvalue weighted by molar-refractivity contribution is 0.601. The fourth-order valence-electron chi connectivity index (χ4n) is 1.62. The van der Waals surface area contributed by atoms with Gasteiger partial charge in [-0.3, -0.25) is 4.72 Å². The van der Waals surface area contributed by atoms with Crippen molar-refractivity contribution >= 4 is 56.2 Å². The molecule has 0 saturated carbocycles. The summed E-state index contributed by atoms with van der Waals surface area (Å²) >= 11 is 17.9. The van der Waals surface area contributed by atoms with E-state index in [2.05, 4.69) is 4.72 Å². The number of nitrogen functional groups attached to an aromatic ring is 1. The topological polar surface area (TPSA) is 72.2 Å². The minimum Gasteiger partial charge on any atom is -0.398 e. The number of halogens is 3. The minimum atomic E-state index is -3.90. The molecule has 0 spiro atoms. The van der Waals surface area contributed by atoms with Crippen LogP contribution in [0, 0.1) is 6.92 Å². The molecule has 112 valence electrons. The molecule has 0 saturated heterocycles. The zero-order valence-corrected chi connectivity index (χ0v) is 13.9. The summed E-state index contributed by atoms with van der Waals surface area (Å²) < 4.78 is 27.1. The number of hydrogen-bond donors (Lipinski definition) is 2. The van der Waals surface area contributed by atoms with Crippen LogP contribution in [0.25, 0.3) is 0 Å². The molecule has 2 rings (SSSR count). The molecule has 0 heterocycles. The molecule has 0 radical (unpaired) electrons. The van der Waals surface area contributed by atoms with Gasteiger partial charge in [0.25, 0.3) is 10.0 Å². The smallest absolute Gasteiger partial charge is 0.262 e. The maximum absolute atomic E-state index is 12.4. The van der Waals surface area contributed by atoms with E-state index in [0.717, 1.165) is 0 Å². The van der Waals surface area contributed by atoms with Crippen LogP contribution in [0.4, 0.5) is 11.4 Å². The van der Waals surface area contributed by atoms with Crippen LogP contribution >= 0.6 is 34.8 Å². The lowest BCUT2D eigenvalue weighted by Crippen LogP contribution is -2.14. The van der Waals surface area contributed by atoms with Crippen LogP contribution in [-0.4, -0.2) is 8.42 Å². The van der Waals surface area contributed by atoms with E-state index >= 15 is 0 Å². The van der Waals surface area contributed by atoms with Crippen LogP contribution in [0.5, 0.6) is 0 Å². The van der Waals surface area contributed by atoms with Gasteiger partial charge in [0.1, 0.15) is 0 Å². The van der Waals surface area contributed by atoms with Gasteiger partial charge < -0.3 is 5.73 Å². The molecule has 0 atom stereocenters. The maximum atomic E-state index is 12.4. The Balaban J connectivity index is 2.49. The zero-order chi connectivity index (χ0) is 15.8. The van der Waals surface area contributed by atoms with Gasteiger partial charge in [0.05, 0.1) is 20.6 Å². The summed E-state index contributed by atoms with van der Waals surface area (Å²) in [5.41, 5.74) is 6.75. The number of anilines is 2. The fraction of sp³-hybridized carbons (Fsp3) is 0.0769. The lowest BCUT2D eigenvalue weighted by Gasteiger charge is -2.13. The Bertz CT molecular complexity index is 764. The van der Waals surface area contributed by atoms with E-state index < -0.39 is 10.0 Å². The average molecular weight is 366 g/mol. The quantitative estimate of drug-likeness (QED) is 0.795. The van der Waals surface area contributed by atoms with Gasteiger partial charge in [0, 0.05) is 10.7 Å². The highest BCUT2D eigenvalue weighted by atomic mass is 35.5. The standard InChI is InChI=1S/C13H11Cl3N2O2S/c1-7-11(16)5-8(6-12(7)17)21(19,20)18-13-9(14)3-2-4-10(13)15/h2-6,18H,17H2,1H3. The van der Waals surface area contributed by atoms with E-state index in [9.17, 15) is 8.42 Å². The summed E-state index contributed by atoms with van der Waals surface area (Å²) in [7, 11) is -3.90. The molecule has 0 unspecified atom stereocenters. The van der Waals surface area contributed by atoms with Crippen molar-refractivity contribution in [2.75, 3.05) is 10.5 Å². The molecule has 0 bridgehead atoms. The SMILES string of the molecule is Cc1c(N)cc(S(=O)(=O)Nc2c(Cl)cccc2Cl)cc1Cl. The Morgan fingerprint density at radius 1 is 1.05 bits per heavy atom. The van der Waals surface area contributed by atoms with E-state index in [1.54, 1.807) is 13.0 Å². The molecule has 0 aliphatic rings. The molecule has 0 fully saturated rings. The summed E-state index contributed by atoms with van der Waals surface area (Å²) in [6.07, 6.45) is 0. The number of nitrogens with two attached hydrogens (primary N) is 1. The Morgan fingerprint density at radius 3 is 2.14 bits per heavy atom. The molecule has 8 heteroatoms. The predicted molar refractivity (Wildman–Crippen MR) is 87.9 cm³/mol. The summed E-state index contributed by atoms with van der Waals surface area (Å²) in [4.78, 5) is -0.0633. The van der Waals surface area contributed by atoms with Gasteiger partial charge in [-0.2, -0.15) is 0 Å². The number of sulfonamides is 1. The molecular formula is C13H11Cl3N2O2S. The second kappa shape index (κ2) is 5.93. The predicted octanol–water partition coefficient (Wildman–Crippen LogP) is 4.34. The Kier molecular flexibility index (Phi) is 4.58. The highest BCUT2D eigenvalue weighted by Crippen LogP contribution is 2.33. The molecule has 2 aromatic rings. The van der Waals surface area contributed by atoms with Crippen molar-refractivity contribution in [2.45, 2.75) is 11.8 Å². The van der Waals surface area contributed by atoms with Crippen molar-refractivity contribution < 1.29 is 8.42 Å². The zero-order valence-electron chi connectivity index (χ0n) is 10.8. The van der Waals surface area contributed by atoms with Gasteiger partial charge in [0.15, 0.2) is 0 Å². The second-order valence-electron chi connectivity index (χ2n) is 4.32. The monoisotopic (exact) mass is 364 g/mol. The number of rotatable bonds is 3. The highest BCUT2D eigenvalue weighted by Gasteiger charge is 2.19. The normalized spacial score (nSPS) is 11.4. The molecule has 4 nitrogen and oxygen atoms in total. The number of benzene rings is 2. The Labute approximate surface area is 137 Å². The number of para-hydroxylation sites is 1. The molecule has 3 N–H and O–H groups in total. The number of hydrogen-bond acceptors (Lipinski definition) is 3. The van der Waals surface area contributed by atoms with E-state index in [0.29, 0.717) is 5.56 Å². The molecule has 0 aliphatic carbocycles. The first kappa shape index (κ1) is 16.2. The van der Waals surface area contributed by atoms with Crippen molar-refractivity contribution in [3.8, 4) is 0 Å². The van der Waals surface area contributed by atoms with E-state index in [4.69, 9.17) is 40.5 Å². The van der Waals surface area contributed by atoms with Crippen LogP contribution in [-0.2, 0) is 10.0 Å². The van der Waals surface area contributed by atoms with Crippen LogP contribution < -0.4 is 10.5 Å². The summed E-state index contributed by atoms with van der Waals surface area (Å²) in [5.74, 6) is 0. The van der Waals surface area contributed by atoms with Gasteiger partial charge in [-0.1, -0.05) is 40.9 Å². The van der Waals surface area contributed by atoms with Crippen molar-refractivity contribution in [2.24, 2.45) is 0 Å². The van der Waals surface area contributed by atoms with E-state index in [1.807, 2.05) is 0 Å². The lowest BCUT2D eigenvalue weighted by atomic mass is 10.2. The number of nitrogens with one attached hydrogen (secondary N) is 1. The minimum absolute atomic E-state index is 0.0633. The third-order valence-corrected chi connectivity index (χ3v) is 5.22. The third kappa shape index (κ3) is 3.37. The first-order valence-corrected chi connectivity index (χ1v) is 8.36. The van der Waals surface area contributed by atoms with E-state index in [1.165, 1.54) is 24.3 Å². The van der Waals surface area contributed by atoms with Crippen molar-refractivity contribution in [1.29, 1.82) is 0 Å². The molecule has 21 heavy (non-hydrogen) atoms. The molecule has 0 aromatic heterocycles. The Hall–Kier alpha value is -1.14. The molecular weight excluding hydrogens is 355 g/mol. The third-order valence-electron chi connectivity index (χ3n) is 2.87. The summed E-state index contributed by atoms with van der Waals surface area (Å²) in [6, 6.07) is 7.32.